The SMILES string of the molecule is CCOc1ccccc1N1C(=O)C(SC(C)C)=C(c2ccccc2OC)C1=O. The van der Waals surface area contributed by atoms with E-state index in [1.54, 1.807) is 37.4 Å². The van der Waals surface area contributed by atoms with Gasteiger partial charge in [-0.3, -0.25) is 9.59 Å². The smallest absolute Gasteiger partial charge is 0.272 e. The molecule has 0 spiro atoms. The highest BCUT2D eigenvalue weighted by molar-refractivity contribution is 8.04. The summed E-state index contributed by atoms with van der Waals surface area (Å²) in [6.07, 6.45) is 0. The van der Waals surface area contributed by atoms with Crippen molar-refractivity contribution in [2.75, 3.05) is 18.6 Å². The summed E-state index contributed by atoms with van der Waals surface area (Å²) < 4.78 is 11.1. The molecule has 0 saturated carbocycles. The molecule has 1 heterocycles. The van der Waals surface area contributed by atoms with E-state index in [4.69, 9.17) is 9.47 Å². The van der Waals surface area contributed by atoms with Crippen LogP contribution in [0.2, 0.25) is 0 Å². The number of anilines is 1. The van der Waals surface area contributed by atoms with E-state index >= 15 is 0 Å². The van der Waals surface area contributed by atoms with Gasteiger partial charge in [0.2, 0.25) is 0 Å². The lowest BCUT2D eigenvalue weighted by Crippen LogP contribution is -2.31. The van der Waals surface area contributed by atoms with Gasteiger partial charge in [0.1, 0.15) is 11.5 Å². The molecule has 0 aliphatic carbocycles. The third kappa shape index (κ3) is 3.64. The summed E-state index contributed by atoms with van der Waals surface area (Å²) in [5.41, 5.74) is 1.43. The van der Waals surface area contributed by atoms with Gasteiger partial charge in [0.25, 0.3) is 11.8 Å². The summed E-state index contributed by atoms with van der Waals surface area (Å²) in [7, 11) is 1.55. The molecular formula is C22H23NO4S. The van der Waals surface area contributed by atoms with E-state index in [-0.39, 0.29) is 17.1 Å². The van der Waals surface area contributed by atoms with Gasteiger partial charge < -0.3 is 9.47 Å². The van der Waals surface area contributed by atoms with Crippen molar-refractivity contribution >= 4 is 34.8 Å². The molecule has 2 aromatic carbocycles. The number of carbonyl (C=O) groups is 2. The average molecular weight is 397 g/mol. The molecule has 0 fully saturated rings. The minimum Gasteiger partial charge on any atom is -0.496 e. The predicted molar refractivity (Wildman–Crippen MR) is 113 cm³/mol. The highest BCUT2D eigenvalue weighted by Gasteiger charge is 2.42. The topological polar surface area (TPSA) is 55.8 Å². The van der Waals surface area contributed by atoms with Crippen LogP contribution in [0.1, 0.15) is 26.3 Å². The van der Waals surface area contributed by atoms with Gasteiger partial charge in [0.05, 0.1) is 29.9 Å². The van der Waals surface area contributed by atoms with Crippen LogP contribution in [-0.2, 0) is 9.59 Å². The molecule has 2 amide bonds. The number of methoxy groups -OCH3 is 1. The fourth-order valence-corrected chi connectivity index (χ4v) is 4.06. The Hall–Kier alpha value is -2.73. The third-order valence-corrected chi connectivity index (χ3v) is 5.26. The number of benzene rings is 2. The summed E-state index contributed by atoms with van der Waals surface area (Å²) in [6, 6.07) is 14.3. The first-order valence-corrected chi connectivity index (χ1v) is 10.0. The lowest BCUT2D eigenvalue weighted by Gasteiger charge is -2.19. The maximum absolute atomic E-state index is 13.5. The highest BCUT2D eigenvalue weighted by atomic mass is 32.2. The zero-order valence-electron chi connectivity index (χ0n) is 16.4. The zero-order valence-corrected chi connectivity index (χ0v) is 17.2. The Morgan fingerprint density at radius 1 is 0.964 bits per heavy atom. The first-order valence-electron chi connectivity index (χ1n) is 9.14. The van der Waals surface area contributed by atoms with Crippen LogP contribution in [-0.4, -0.2) is 30.8 Å². The molecular weight excluding hydrogens is 374 g/mol. The zero-order chi connectivity index (χ0) is 20.3. The molecule has 0 aromatic heterocycles. The number of ether oxygens (including phenoxy) is 2. The molecule has 6 heteroatoms. The number of imide groups is 1. The van der Waals surface area contributed by atoms with Crippen LogP contribution in [0.15, 0.2) is 53.4 Å². The average Bonchev–Trinajstić information content (AvgIpc) is 2.92. The summed E-state index contributed by atoms with van der Waals surface area (Å²) in [6.45, 7) is 6.29. The summed E-state index contributed by atoms with van der Waals surface area (Å²) >= 11 is 1.38. The molecule has 0 saturated heterocycles. The lowest BCUT2D eigenvalue weighted by molar-refractivity contribution is -0.119. The molecule has 28 heavy (non-hydrogen) atoms. The van der Waals surface area contributed by atoms with Crippen LogP contribution in [0.3, 0.4) is 0 Å². The van der Waals surface area contributed by atoms with E-state index in [2.05, 4.69) is 0 Å². The van der Waals surface area contributed by atoms with Gasteiger partial charge in [-0.2, -0.15) is 0 Å². The highest BCUT2D eigenvalue weighted by Crippen LogP contribution is 2.44. The summed E-state index contributed by atoms with van der Waals surface area (Å²) in [5.74, 6) is 0.351. The largest absolute Gasteiger partial charge is 0.496 e. The van der Waals surface area contributed by atoms with Crippen LogP contribution in [0.4, 0.5) is 5.69 Å². The van der Waals surface area contributed by atoms with Crippen LogP contribution in [0.5, 0.6) is 11.5 Å². The maximum Gasteiger partial charge on any atom is 0.272 e. The second-order valence-electron chi connectivity index (χ2n) is 6.42. The van der Waals surface area contributed by atoms with E-state index in [9.17, 15) is 9.59 Å². The van der Waals surface area contributed by atoms with Crippen LogP contribution in [0, 0.1) is 0 Å². The molecule has 146 valence electrons. The van der Waals surface area contributed by atoms with Gasteiger partial charge >= 0.3 is 0 Å². The molecule has 0 N–H and O–H groups in total. The van der Waals surface area contributed by atoms with E-state index in [1.165, 1.54) is 16.7 Å². The lowest BCUT2D eigenvalue weighted by atomic mass is 10.0. The van der Waals surface area contributed by atoms with Crippen molar-refractivity contribution in [2.24, 2.45) is 0 Å². The van der Waals surface area contributed by atoms with E-state index in [0.29, 0.717) is 39.8 Å². The molecule has 0 bridgehead atoms. The van der Waals surface area contributed by atoms with Gasteiger partial charge in [-0.05, 0) is 25.1 Å². The van der Waals surface area contributed by atoms with Crippen molar-refractivity contribution in [3.05, 3.63) is 59.0 Å². The minimum atomic E-state index is -0.371. The molecule has 1 aliphatic heterocycles. The van der Waals surface area contributed by atoms with Crippen LogP contribution < -0.4 is 14.4 Å². The molecule has 0 atom stereocenters. The quantitative estimate of drug-likeness (QED) is 0.643. The Bertz CT molecular complexity index is 936. The second-order valence-corrected chi connectivity index (χ2v) is 8.00. The molecule has 1 aliphatic rings. The number of carbonyl (C=O) groups excluding carboxylic acids is 2. The predicted octanol–water partition coefficient (Wildman–Crippen LogP) is 4.52. The van der Waals surface area contributed by atoms with Gasteiger partial charge in [0, 0.05) is 10.8 Å². The van der Waals surface area contributed by atoms with Crippen molar-refractivity contribution in [1.82, 2.24) is 0 Å². The number of amides is 2. The number of thioether (sulfide) groups is 1. The van der Waals surface area contributed by atoms with Gasteiger partial charge in [-0.1, -0.05) is 44.2 Å². The van der Waals surface area contributed by atoms with Gasteiger partial charge in [0.15, 0.2) is 0 Å². The third-order valence-electron chi connectivity index (χ3n) is 4.18. The monoisotopic (exact) mass is 397 g/mol. The Labute approximate surface area is 169 Å². The number of nitrogens with zero attached hydrogens (tertiary/aromatic N) is 1. The first kappa shape index (κ1) is 20.0. The molecule has 0 radical (unpaired) electrons. The molecule has 2 aromatic rings. The van der Waals surface area contributed by atoms with Crippen molar-refractivity contribution in [3.8, 4) is 11.5 Å². The van der Waals surface area contributed by atoms with Crippen LogP contribution in [0.25, 0.3) is 5.57 Å². The number of hydrogen-bond acceptors (Lipinski definition) is 5. The van der Waals surface area contributed by atoms with E-state index in [0.717, 1.165) is 0 Å². The number of rotatable bonds is 7. The number of para-hydroxylation sites is 3. The van der Waals surface area contributed by atoms with E-state index < -0.39 is 0 Å². The molecule has 5 nitrogen and oxygen atoms in total. The standard InChI is InChI=1S/C22H23NO4S/c1-5-27-18-13-9-7-11-16(18)23-21(24)19(20(22(23)25)28-14(2)3)15-10-6-8-12-17(15)26-4/h6-14H,5H2,1-4H3. The minimum absolute atomic E-state index is 0.138. The van der Waals surface area contributed by atoms with Crippen molar-refractivity contribution < 1.29 is 19.1 Å². The Kier molecular flexibility index (Phi) is 6.09. The molecule has 3 rings (SSSR count). The van der Waals surface area contributed by atoms with Gasteiger partial charge in [-0.25, -0.2) is 4.90 Å². The normalized spacial score (nSPS) is 14.2. The van der Waals surface area contributed by atoms with Crippen molar-refractivity contribution in [2.45, 2.75) is 26.0 Å². The Morgan fingerprint density at radius 3 is 2.25 bits per heavy atom. The first-order chi connectivity index (χ1) is 13.5. The Morgan fingerprint density at radius 2 is 1.61 bits per heavy atom. The Balaban J connectivity index is 2.16. The fraction of sp³-hybridized carbons (Fsp3) is 0.273. The van der Waals surface area contributed by atoms with E-state index in [1.807, 2.05) is 39.0 Å². The second kappa shape index (κ2) is 8.52. The van der Waals surface area contributed by atoms with Crippen LogP contribution >= 0.6 is 11.8 Å². The van der Waals surface area contributed by atoms with Gasteiger partial charge in [-0.15, -0.1) is 11.8 Å². The molecule has 0 unspecified atom stereocenters. The maximum atomic E-state index is 13.5. The number of hydrogen-bond donors (Lipinski definition) is 0. The summed E-state index contributed by atoms with van der Waals surface area (Å²) in [4.78, 5) is 28.4. The van der Waals surface area contributed by atoms with Crippen molar-refractivity contribution in [3.63, 3.8) is 0 Å². The van der Waals surface area contributed by atoms with Crippen molar-refractivity contribution in [1.29, 1.82) is 0 Å². The summed E-state index contributed by atoms with van der Waals surface area (Å²) in [5, 5.41) is 0.138. The fourth-order valence-electron chi connectivity index (χ4n) is 3.08.